The summed E-state index contributed by atoms with van der Waals surface area (Å²) in [5.74, 6) is 1.71. The second-order valence-electron chi connectivity index (χ2n) is 5.19. The van der Waals surface area contributed by atoms with E-state index in [0.717, 1.165) is 23.3 Å². The molecule has 1 amide bonds. The van der Waals surface area contributed by atoms with Crippen LogP contribution < -0.4 is 5.32 Å². The SMILES string of the molecule is CC1CC1C(=O)N[C@@H](C)c1nc2ccccc2[nH]1. The molecule has 1 saturated carbocycles. The number of carbonyl (C=O) groups excluding carboxylic acids is 1. The molecule has 1 heterocycles. The predicted molar refractivity (Wildman–Crippen MR) is 69.9 cm³/mol. The third kappa shape index (κ3) is 1.98. The standard InChI is InChI=1S/C14H17N3O/c1-8-7-10(8)14(18)15-9(2)13-16-11-5-3-4-6-12(11)17-13/h3-6,8-10H,7H2,1-2H3,(H,15,18)(H,16,17)/t8?,9-,10?/m0/s1. The first-order valence-corrected chi connectivity index (χ1v) is 6.40. The number of imidazole rings is 1. The quantitative estimate of drug-likeness (QED) is 0.869. The van der Waals surface area contributed by atoms with Crippen LogP contribution in [0.15, 0.2) is 24.3 Å². The highest BCUT2D eigenvalue weighted by atomic mass is 16.2. The van der Waals surface area contributed by atoms with Crippen molar-refractivity contribution in [1.82, 2.24) is 15.3 Å². The fourth-order valence-electron chi connectivity index (χ4n) is 2.25. The lowest BCUT2D eigenvalue weighted by Gasteiger charge is -2.10. The lowest BCUT2D eigenvalue weighted by atomic mass is 10.2. The van der Waals surface area contributed by atoms with E-state index < -0.39 is 0 Å². The minimum Gasteiger partial charge on any atom is -0.346 e. The molecule has 4 nitrogen and oxygen atoms in total. The van der Waals surface area contributed by atoms with Crippen LogP contribution in [0.4, 0.5) is 0 Å². The number of nitrogens with zero attached hydrogens (tertiary/aromatic N) is 1. The van der Waals surface area contributed by atoms with E-state index >= 15 is 0 Å². The average molecular weight is 243 g/mol. The summed E-state index contributed by atoms with van der Waals surface area (Å²) in [5.41, 5.74) is 1.95. The van der Waals surface area contributed by atoms with Crippen LogP contribution in [0.25, 0.3) is 11.0 Å². The third-order valence-corrected chi connectivity index (χ3v) is 3.62. The highest BCUT2D eigenvalue weighted by molar-refractivity contribution is 5.82. The number of nitrogens with one attached hydrogen (secondary N) is 2. The van der Waals surface area contributed by atoms with E-state index in [0.29, 0.717) is 5.92 Å². The number of hydrogen-bond acceptors (Lipinski definition) is 2. The van der Waals surface area contributed by atoms with Crippen molar-refractivity contribution >= 4 is 16.9 Å². The number of carbonyl (C=O) groups is 1. The van der Waals surface area contributed by atoms with E-state index in [2.05, 4.69) is 22.2 Å². The van der Waals surface area contributed by atoms with Gasteiger partial charge in [-0.15, -0.1) is 0 Å². The van der Waals surface area contributed by atoms with Crippen LogP contribution in [0.3, 0.4) is 0 Å². The van der Waals surface area contributed by atoms with Gasteiger partial charge in [-0.2, -0.15) is 0 Å². The van der Waals surface area contributed by atoms with Gasteiger partial charge in [0.25, 0.3) is 0 Å². The summed E-state index contributed by atoms with van der Waals surface area (Å²) in [7, 11) is 0. The van der Waals surface area contributed by atoms with E-state index in [9.17, 15) is 4.79 Å². The second kappa shape index (κ2) is 4.12. The molecule has 1 aliphatic carbocycles. The minimum absolute atomic E-state index is 0.0716. The van der Waals surface area contributed by atoms with Crippen LogP contribution in [0.5, 0.6) is 0 Å². The van der Waals surface area contributed by atoms with Crippen molar-refractivity contribution in [2.75, 3.05) is 0 Å². The summed E-state index contributed by atoms with van der Waals surface area (Å²) in [4.78, 5) is 19.6. The Kier molecular flexibility index (Phi) is 2.58. The summed E-state index contributed by atoms with van der Waals surface area (Å²) in [6, 6.07) is 7.82. The number of para-hydroxylation sites is 2. The molecule has 94 valence electrons. The normalized spacial score (nSPS) is 23.9. The van der Waals surface area contributed by atoms with E-state index in [4.69, 9.17) is 0 Å². The maximum absolute atomic E-state index is 11.9. The number of rotatable bonds is 3. The van der Waals surface area contributed by atoms with Crippen LogP contribution in [-0.4, -0.2) is 15.9 Å². The Bertz CT molecular complexity index is 556. The van der Waals surface area contributed by atoms with Gasteiger partial charge >= 0.3 is 0 Å². The zero-order chi connectivity index (χ0) is 12.7. The first kappa shape index (κ1) is 11.3. The highest BCUT2D eigenvalue weighted by Crippen LogP contribution is 2.38. The zero-order valence-electron chi connectivity index (χ0n) is 10.6. The molecule has 1 aliphatic rings. The molecule has 2 N–H and O–H groups in total. The van der Waals surface area contributed by atoms with Gasteiger partial charge in [0.2, 0.25) is 5.91 Å². The molecular weight excluding hydrogens is 226 g/mol. The first-order valence-electron chi connectivity index (χ1n) is 6.40. The van der Waals surface area contributed by atoms with Crippen LogP contribution in [0, 0.1) is 11.8 Å². The molecule has 0 spiro atoms. The number of H-pyrrole nitrogens is 1. The highest BCUT2D eigenvalue weighted by Gasteiger charge is 2.39. The molecule has 3 atom stereocenters. The summed E-state index contributed by atoms with van der Waals surface area (Å²) in [5, 5.41) is 3.02. The van der Waals surface area contributed by atoms with Gasteiger partial charge in [0.15, 0.2) is 0 Å². The summed E-state index contributed by atoms with van der Waals surface area (Å²) < 4.78 is 0. The summed E-state index contributed by atoms with van der Waals surface area (Å²) in [6.07, 6.45) is 1.01. The van der Waals surface area contributed by atoms with Gasteiger partial charge in [-0.25, -0.2) is 4.98 Å². The van der Waals surface area contributed by atoms with Crippen molar-refractivity contribution in [2.45, 2.75) is 26.3 Å². The Morgan fingerprint density at radius 1 is 1.50 bits per heavy atom. The molecule has 4 heteroatoms. The van der Waals surface area contributed by atoms with E-state index in [1.165, 1.54) is 0 Å². The lowest BCUT2D eigenvalue weighted by Crippen LogP contribution is -2.29. The summed E-state index contributed by atoms with van der Waals surface area (Å²) >= 11 is 0. The molecule has 0 bridgehead atoms. The Morgan fingerprint density at radius 3 is 2.89 bits per heavy atom. The van der Waals surface area contributed by atoms with Crippen molar-refractivity contribution in [3.8, 4) is 0 Å². The van der Waals surface area contributed by atoms with Crippen molar-refractivity contribution in [3.05, 3.63) is 30.1 Å². The lowest BCUT2D eigenvalue weighted by molar-refractivity contribution is -0.123. The first-order chi connectivity index (χ1) is 8.65. The average Bonchev–Trinajstić information content (AvgIpc) is 2.93. The number of aromatic nitrogens is 2. The Morgan fingerprint density at radius 2 is 2.22 bits per heavy atom. The number of aromatic amines is 1. The van der Waals surface area contributed by atoms with Crippen molar-refractivity contribution in [1.29, 1.82) is 0 Å². The molecule has 2 unspecified atom stereocenters. The van der Waals surface area contributed by atoms with Crippen molar-refractivity contribution < 1.29 is 4.79 Å². The largest absolute Gasteiger partial charge is 0.346 e. The van der Waals surface area contributed by atoms with Gasteiger partial charge in [-0.1, -0.05) is 19.1 Å². The minimum atomic E-state index is -0.0716. The number of hydrogen-bond donors (Lipinski definition) is 2. The number of benzene rings is 1. The third-order valence-electron chi connectivity index (χ3n) is 3.62. The molecule has 0 aliphatic heterocycles. The summed E-state index contributed by atoms with van der Waals surface area (Å²) in [6.45, 7) is 4.07. The van der Waals surface area contributed by atoms with Gasteiger partial charge in [-0.05, 0) is 31.4 Å². The molecular formula is C14H17N3O. The maximum atomic E-state index is 11.9. The molecule has 2 aromatic rings. The van der Waals surface area contributed by atoms with Gasteiger partial charge < -0.3 is 10.3 Å². The molecule has 3 rings (SSSR count). The monoisotopic (exact) mass is 243 g/mol. The molecule has 18 heavy (non-hydrogen) atoms. The zero-order valence-corrected chi connectivity index (χ0v) is 10.6. The molecule has 0 saturated heterocycles. The van der Waals surface area contributed by atoms with Crippen molar-refractivity contribution in [2.24, 2.45) is 11.8 Å². The van der Waals surface area contributed by atoms with E-state index in [1.54, 1.807) is 0 Å². The Balaban J connectivity index is 1.75. The topological polar surface area (TPSA) is 57.8 Å². The molecule has 1 fully saturated rings. The van der Waals surface area contributed by atoms with Crippen molar-refractivity contribution in [3.63, 3.8) is 0 Å². The second-order valence-corrected chi connectivity index (χ2v) is 5.19. The maximum Gasteiger partial charge on any atom is 0.223 e. The number of fused-ring (bicyclic) bond motifs is 1. The molecule has 1 aromatic heterocycles. The van der Waals surface area contributed by atoms with E-state index in [1.807, 2.05) is 31.2 Å². The predicted octanol–water partition coefficient (Wildman–Crippen LogP) is 2.40. The van der Waals surface area contributed by atoms with Crippen LogP contribution in [0.2, 0.25) is 0 Å². The van der Waals surface area contributed by atoms with Gasteiger partial charge in [0.05, 0.1) is 17.1 Å². The smallest absolute Gasteiger partial charge is 0.223 e. The van der Waals surface area contributed by atoms with Crippen LogP contribution >= 0.6 is 0 Å². The van der Waals surface area contributed by atoms with Gasteiger partial charge in [0, 0.05) is 5.92 Å². The van der Waals surface area contributed by atoms with Crippen LogP contribution in [-0.2, 0) is 4.79 Å². The number of amides is 1. The van der Waals surface area contributed by atoms with Gasteiger partial charge in [0.1, 0.15) is 5.82 Å². The Hall–Kier alpha value is -1.84. The fourth-order valence-corrected chi connectivity index (χ4v) is 2.25. The Labute approximate surface area is 106 Å². The molecule has 1 aromatic carbocycles. The van der Waals surface area contributed by atoms with E-state index in [-0.39, 0.29) is 17.9 Å². The fraction of sp³-hybridized carbons (Fsp3) is 0.429. The van der Waals surface area contributed by atoms with Crippen LogP contribution in [0.1, 0.15) is 32.1 Å². The molecule has 0 radical (unpaired) electrons. The van der Waals surface area contributed by atoms with Gasteiger partial charge in [-0.3, -0.25) is 4.79 Å².